The molecular weight excluding hydrogens is 258 g/mol. The van der Waals surface area contributed by atoms with Crippen molar-refractivity contribution >= 4 is 17.6 Å². The molecule has 0 aromatic heterocycles. The Morgan fingerprint density at radius 3 is 2.55 bits per heavy atom. The van der Waals surface area contributed by atoms with Crippen molar-refractivity contribution in [2.24, 2.45) is 5.92 Å². The van der Waals surface area contributed by atoms with Crippen molar-refractivity contribution < 1.29 is 19.1 Å². The number of carbonyl (C=O) groups is 2. The van der Waals surface area contributed by atoms with Gasteiger partial charge < -0.3 is 14.8 Å². The summed E-state index contributed by atoms with van der Waals surface area (Å²) in [6.45, 7) is 2.88. The summed E-state index contributed by atoms with van der Waals surface area (Å²) in [4.78, 5) is 23.4. The summed E-state index contributed by atoms with van der Waals surface area (Å²) < 4.78 is 10.2. The lowest BCUT2D eigenvalue weighted by atomic mass is 10.0. The van der Waals surface area contributed by atoms with Crippen molar-refractivity contribution in [3.63, 3.8) is 0 Å². The lowest BCUT2D eigenvalue weighted by Crippen LogP contribution is -2.28. The first-order valence-electron chi connectivity index (χ1n) is 6.76. The predicted octanol–water partition coefficient (Wildman–Crippen LogP) is 1.90. The predicted molar refractivity (Wildman–Crippen MR) is 74.3 cm³/mol. The molecule has 0 atom stereocenters. The minimum atomic E-state index is -0.325. The minimum Gasteiger partial charge on any atom is -0.455 e. The number of benzene rings is 1. The topological polar surface area (TPSA) is 64.6 Å². The largest absolute Gasteiger partial charge is 0.455 e. The van der Waals surface area contributed by atoms with E-state index < -0.39 is 0 Å². The zero-order chi connectivity index (χ0) is 14.4. The molecule has 1 aromatic carbocycles. The van der Waals surface area contributed by atoms with E-state index >= 15 is 0 Å². The maximum Gasteiger partial charge on any atom is 0.309 e. The van der Waals surface area contributed by atoms with E-state index in [9.17, 15) is 9.59 Å². The molecule has 1 aliphatic heterocycles. The Kier molecular flexibility index (Phi) is 5.12. The first kappa shape index (κ1) is 14.5. The van der Waals surface area contributed by atoms with Crippen LogP contribution in [-0.2, 0) is 19.1 Å². The molecule has 20 heavy (non-hydrogen) atoms. The monoisotopic (exact) mass is 277 g/mol. The van der Waals surface area contributed by atoms with Crippen LogP contribution in [-0.4, -0.2) is 31.7 Å². The fourth-order valence-electron chi connectivity index (χ4n) is 2.02. The van der Waals surface area contributed by atoms with Gasteiger partial charge in [0.15, 0.2) is 6.61 Å². The maximum atomic E-state index is 11.7. The van der Waals surface area contributed by atoms with Gasteiger partial charge in [-0.05, 0) is 31.9 Å². The van der Waals surface area contributed by atoms with Crippen molar-refractivity contribution in [1.82, 2.24) is 0 Å². The molecule has 1 aromatic rings. The lowest BCUT2D eigenvalue weighted by molar-refractivity contribution is -0.154. The van der Waals surface area contributed by atoms with Gasteiger partial charge in [-0.15, -0.1) is 0 Å². The van der Waals surface area contributed by atoms with Crippen LogP contribution < -0.4 is 5.32 Å². The summed E-state index contributed by atoms with van der Waals surface area (Å²) in [5.74, 6) is -0.780. The van der Waals surface area contributed by atoms with Crippen LogP contribution in [0.15, 0.2) is 24.3 Å². The van der Waals surface area contributed by atoms with Crippen molar-refractivity contribution in [2.75, 3.05) is 25.1 Å². The SMILES string of the molecule is Cc1ccc(NC(=O)COC(=O)C2CCOCC2)cc1. The summed E-state index contributed by atoms with van der Waals surface area (Å²) in [5, 5.41) is 2.69. The minimum absolute atomic E-state index is 0.143. The Labute approximate surface area is 118 Å². The molecule has 1 N–H and O–H groups in total. The van der Waals surface area contributed by atoms with E-state index in [1.165, 1.54) is 0 Å². The van der Waals surface area contributed by atoms with E-state index in [1.807, 2.05) is 31.2 Å². The highest BCUT2D eigenvalue weighted by molar-refractivity contribution is 5.92. The molecule has 2 rings (SSSR count). The number of anilines is 1. The first-order chi connectivity index (χ1) is 9.65. The Bertz CT molecular complexity index is 463. The average molecular weight is 277 g/mol. The highest BCUT2D eigenvalue weighted by atomic mass is 16.5. The van der Waals surface area contributed by atoms with E-state index in [2.05, 4.69) is 5.32 Å². The van der Waals surface area contributed by atoms with Crippen molar-refractivity contribution in [1.29, 1.82) is 0 Å². The van der Waals surface area contributed by atoms with Crippen LogP contribution in [0.2, 0.25) is 0 Å². The van der Waals surface area contributed by atoms with Crippen LogP contribution in [0.25, 0.3) is 0 Å². The molecule has 0 spiro atoms. The zero-order valence-corrected chi connectivity index (χ0v) is 11.6. The second-order valence-corrected chi connectivity index (χ2v) is 4.91. The summed E-state index contributed by atoms with van der Waals surface area (Å²) in [6.07, 6.45) is 1.33. The van der Waals surface area contributed by atoms with Crippen LogP contribution in [0, 0.1) is 12.8 Å². The summed E-state index contributed by atoms with van der Waals surface area (Å²) in [7, 11) is 0. The van der Waals surface area contributed by atoms with Gasteiger partial charge in [0.2, 0.25) is 0 Å². The van der Waals surface area contributed by atoms with Gasteiger partial charge in [-0.2, -0.15) is 0 Å². The lowest BCUT2D eigenvalue weighted by Gasteiger charge is -2.20. The smallest absolute Gasteiger partial charge is 0.309 e. The standard InChI is InChI=1S/C15H19NO4/c1-11-2-4-13(5-3-11)16-14(17)10-20-15(18)12-6-8-19-9-7-12/h2-5,12H,6-10H2,1H3,(H,16,17). The molecule has 1 fully saturated rings. The van der Waals surface area contributed by atoms with Crippen LogP contribution in [0.4, 0.5) is 5.69 Å². The van der Waals surface area contributed by atoms with E-state index in [1.54, 1.807) is 0 Å². The quantitative estimate of drug-likeness (QED) is 0.854. The van der Waals surface area contributed by atoms with E-state index in [0.717, 1.165) is 5.56 Å². The second-order valence-electron chi connectivity index (χ2n) is 4.91. The van der Waals surface area contributed by atoms with E-state index in [0.29, 0.717) is 31.7 Å². The highest BCUT2D eigenvalue weighted by Crippen LogP contribution is 2.16. The van der Waals surface area contributed by atoms with Gasteiger partial charge in [-0.25, -0.2) is 0 Å². The third-order valence-corrected chi connectivity index (χ3v) is 3.24. The van der Waals surface area contributed by atoms with Crippen LogP contribution in [0.1, 0.15) is 18.4 Å². The van der Waals surface area contributed by atoms with Gasteiger partial charge in [0.1, 0.15) is 0 Å². The molecule has 5 nitrogen and oxygen atoms in total. The molecule has 1 heterocycles. The normalized spacial score (nSPS) is 15.7. The highest BCUT2D eigenvalue weighted by Gasteiger charge is 2.23. The molecule has 0 unspecified atom stereocenters. The molecule has 5 heteroatoms. The van der Waals surface area contributed by atoms with Crippen molar-refractivity contribution in [3.05, 3.63) is 29.8 Å². The fourth-order valence-corrected chi connectivity index (χ4v) is 2.02. The average Bonchev–Trinajstić information content (AvgIpc) is 2.48. The fraction of sp³-hybridized carbons (Fsp3) is 0.467. The van der Waals surface area contributed by atoms with Gasteiger partial charge in [0.25, 0.3) is 5.91 Å². The third kappa shape index (κ3) is 4.35. The molecule has 108 valence electrons. The van der Waals surface area contributed by atoms with E-state index in [4.69, 9.17) is 9.47 Å². The van der Waals surface area contributed by atoms with E-state index in [-0.39, 0.29) is 24.4 Å². The van der Waals surface area contributed by atoms with Crippen molar-refractivity contribution in [3.8, 4) is 0 Å². The van der Waals surface area contributed by atoms with Gasteiger partial charge >= 0.3 is 5.97 Å². The summed E-state index contributed by atoms with van der Waals surface area (Å²) in [5.41, 5.74) is 1.82. The second kappa shape index (κ2) is 7.05. The van der Waals surface area contributed by atoms with Gasteiger partial charge in [0.05, 0.1) is 5.92 Å². The molecule has 1 aliphatic rings. The number of nitrogens with one attached hydrogen (secondary N) is 1. The number of hydrogen-bond acceptors (Lipinski definition) is 4. The number of carbonyl (C=O) groups excluding carboxylic acids is 2. The Hall–Kier alpha value is -1.88. The Balaban J connectivity index is 1.74. The van der Waals surface area contributed by atoms with Crippen molar-refractivity contribution in [2.45, 2.75) is 19.8 Å². The van der Waals surface area contributed by atoms with Gasteiger partial charge in [-0.1, -0.05) is 17.7 Å². The molecule has 1 saturated heterocycles. The number of amides is 1. The number of aryl methyl sites for hydroxylation is 1. The summed E-state index contributed by atoms with van der Waals surface area (Å²) in [6, 6.07) is 7.44. The molecule has 0 radical (unpaired) electrons. The molecular formula is C15H19NO4. The van der Waals surface area contributed by atoms with Gasteiger partial charge in [0, 0.05) is 18.9 Å². The number of esters is 1. The molecule has 1 amide bonds. The third-order valence-electron chi connectivity index (χ3n) is 3.24. The number of rotatable bonds is 4. The van der Waals surface area contributed by atoms with Crippen LogP contribution >= 0.6 is 0 Å². The number of ether oxygens (including phenoxy) is 2. The summed E-state index contributed by atoms with van der Waals surface area (Å²) >= 11 is 0. The van der Waals surface area contributed by atoms with Crippen LogP contribution in [0.3, 0.4) is 0 Å². The zero-order valence-electron chi connectivity index (χ0n) is 11.6. The Morgan fingerprint density at radius 2 is 1.90 bits per heavy atom. The first-order valence-corrected chi connectivity index (χ1v) is 6.76. The molecule has 0 saturated carbocycles. The van der Waals surface area contributed by atoms with Gasteiger partial charge in [-0.3, -0.25) is 9.59 Å². The number of hydrogen-bond donors (Lipinski definition) is 1. The molecule has 0 aliphatic carbocycles. The molecule has 0 bridgehead atoms. The Morgan fingerprint density at radius 1 is 1.25 bits per heavy atom. The maximum absolute atomic E-state index is 11.7. The van der Waals surface area contributed by atoms with Crippen LogP contribution in [0.5, 0.6) is 0 Å².